The SMILES string of the molecule is COc1cccc(CNCCO)c1OCc1ccccc1.Cl. The molecule has 0 saturated carbocycles. The van der Waals surface area contributed by atoms with Crippen LogP contribution in [0.2, 0.25) is 0 Å². The highest BCUT2D eigenvalue weighted by atomic mass is 35.5. The molecule has 2 N–H and O–H groups in total. The first-order valence-electron chi connectivity index (χ1n) is 6.99. The third kappa shape index (κ3) is 5.22. The molecule has 0 amide bonds. The smallest absolute Gasteiger partial charge is 0.166 e. The predicted octanol–water partition coefficient (Wildman–Crippen LogP) is 2.78. The average Bonchev–Trinajstić information content (AvgIpc) is 2.54. The molecule has 120 valence electrons. The van der Waals surface area contributed by atoms with E-state index in [1.165, 1.54) is 0 Å². The Labute approximate surface area is 137 Å². The second kappa shape index (κ2) is 10.1. The summed E-state index contributed by atoms with van der Waals surface area (Å²) in [7, 11) is 1.63. The quantitative estimate of drug-likeness (QED) is 0.733. The van der Waals surface area contributed by atoms with Crippen LogP contribution in [0.4, 0.5) is 0 Å². The molecule has 22 heavy (non-hydrogen) atoms. The zero-order valence-electron chi connectivity index (χ0n) is 12.6. The fourth-order valence-electron chi connectivity index (χ4n) is 2.06. The Hall–Kier alpha value is -1.75. The van der Waals surface area contributed by atoms with E-state index in [4.69, 9.17) is 14.6 Å². The van der Waals surface area contributed by atoms with Gasteiger partial charge in [0.1, 0.15) is 6.61 Å². The van der Waals surface area contributed by atoms with Gasteiger partial charge in [-0.25, -0.2) is 0 Å². The van der Waals surface area contributed by atoms with Gasteiger partial charge in [0.25, 0.3) is 0 Å². The summed E-state index contributed by atoms with van der Waals surface area (Å²) in [6.07, 6.45) is 0. The Morgan fingerprint density at radius 2 is 1.82 bits per heavy atom. The van der Waals surface area contributed by atoms with Crippen LogP contribution in [0, 0.1) is 0 Å². The summed E-state index contributed by atoms with van der Waals surface area (Å²) in [6.45, 7) is 1.79. The minimum absolute atomic E-state index is 0. The van der Waals surface area contributed by atoms with Gasteiger partial charge in [-0.3, -0.25) is 0 Å². The largest absolute Gasteiger partial charge is 0.493 e. The monoisotopic (exact) mass is 323 g/mol. The Morgan fingerprint density at radius 1 is 1.05 bits per heavy atom. The molecular weight excluding hydrogens is 302 g/mol. The summed E-state index contributed by atoms with van der Waals surface area (Å²) in [4.78, 5) is 0. The van der Waals surface area contributed by atoms with Gasteiger partial charge in [-0.1, -0.05) is 42.5 Å². The number of aliphatic hydroxyl groups is 1. The average molecular weight is 324 g/mol. The Balaban J connectivity index is 0.00000242. The van der Waals surface area contributed by atoms with E-state index in [2.05, 4.69) is 5.32 Å². The van der Waals surface area contributed by atoms with Crippen molar-refractivity contribution >= 4 is 12.4 Å². The molecule has 2 rings (SSSR count). The van der Waals surface area contributed by atoms with E-state index in [1.54, 1.807) is 7.11 Å². The first kappa shape index (κ1) is 18.3. The maximum Gasteiger partial charge on any atom is 0.166 e. The predicted molar refractivity (Wildman–Crippen MR) is 89.8 cm³/mol. The maximum atomic E-state index is 8.85. The Kier molecular flexibility index (Phi) is 8.36. The van der Waals surface area contributed by atoms with E-state index in [1.807, 2.05) is 48.5 Å². The van der Waals surface area contributed by atoms with E-state index in [0.29, 0.717) is 25.4 Å². The lowest BCUT2D eigenvalue weighted by Crippen LogP contribution is -2.18. The summed E-state index contributed by atoms with van der Waals surface area (Å²) in [5.41, 5.74) is 2.12. The van der Waals surface area contributed by atoms with Gasteiger partial charge in [-0.2, -0.15) is 0 Å². The number of hydrogen-bond donors (Lipinski definition) is 2. The number of rotatable bonds is 8. The molecule has 5 heteroatoms. The van der Waals surface area contributed by atoms with Gasteiger partial charge in [-0.05, 0) is 11.6 Å². The Morgan fingerprint density at radius 3 is 2.50 bits per heavy atom. The third-order valence-electron chi connectivity index (χ3n) is 3.11. The number of halogens is 1. The minimum Gasteiger partial charge on any atom is -0.493 e. The molecule has 2 aromatic carbocycles. The van der Waals surface area contributed by atoms with E-state index >= 15 is 0 Å². The minimum atomic E-state index is 0. The lowest BCUT2D eigenvalue weighted by atomic mass is 10.1. The normalized spacial score (nSPS) is 9.91. The van der Waals surface area contributed by atoms with Gasteiger partial charge in [0.2, 0.25) is 0 Å². The fraction of sp³-hybridized carbons (Fsp3) is 0.294. The topological polar surface area (TPSA) is 50.7 Å². The molecule has 0 atom stereocenters. The first-order chi connectivity index (χ1) is 10.3. The zero-order chi connectivity index (χ0) is 14.9. The number of methoxy groups -OCH3 is 1. The van der Waals surface area contributed by atoms with Gasteiger partial charge in [0, 0.05) is 18.7 Å². The van der Waals surface area contributed by atoms with Crippen LogP contribution in [0.5, 0.6) is 11.5 Å². The van der Waals surface area contributed by atoms with Gasteiger partial charge < -0.3 is 19.9 Å². The molecule has 4 nitrogen and oxygen atoms in total. The van der Waals surface area contributed by atoms with Crippen molar-refractivity contribution in [1.29, 1.82) is 0 Å². The van der Waals surface area contributed by atoms with Gasteiger partial charge in [-0.15, -0.1) is 12.4 Å². The number of ether oxygens (including phenoxy) is 2. The van der Waals surface area contributed by atoms with Crippen LogP contribution in [0.25, 0.3) is 0 Å². The molecule has 2 aromatic rings. The molecule has 0 bridgehead atoms. The van der Waals surface area contributed by atoms with Crippen molar-refractivity contribution in [3.8, 4) is 11.5 Å². The van der Waals surface area contributed by atoms with Crippen LogP contribution in [0.1, 0.15) is 11.1 Å². The second-order valence-electron chi connectivity index (χ2n) is 4.62. The highest BCUT2D eigenvalue weighted by molar-refractivity contribution is 5.85. The van der Waals surface area contributed by atoms with Crippen LogP contribution >= 0.6 is 12.4 Å². The molecule has 0 spiro atoms. The zero-order valence-corrected chi connectivity index (χ0v) is 13.4. The van der Waals surface area contributed by atoms with Gasteiger partial charge >= 0.3 is 0 Å². The molecule has 0 aliphatic heterocycles. The van der Waals surface area contributed by atoms with E-state index < -0.39 is 0 Å². The van der Waals surface area contributed by atoms with Gasteiger partial charge in [0.15, 0.2) is 11.5 Å². The van der Waals surface area contributed by atoms with Crippen molar-refractivity contribution in [1.82, 2.24) is 5.32 Å². The van der Waals surface area contributed by atoms with Crippen LogP contribution < -0.4 is 14.8 Å². The molecular formula is C17H22ClNO3. The fourth-order valence-corrected chi connectivity index (χ4v) is 2.06. The molecule has 0 aliphatic carbocycles. The number of nitrogens with one attached hydrogen (secondary N) is 1. The van der Waals surface area contributed by atoms with Crippen LogP contribution in [0.3, 0.4) is 0 Å². The summed E-state index contributed by atoms with van der Waals surface area (Å²) in [5.74, 6) is 1.46. The summed E-state index contributed by atoms with van der Waals surface area (Å²) >= 11 is 0. The molecule has 0 saturated heterocycles. The first-order valence-corrected chi connectivity index (χ1v) is 6.99. The van der Waals surface area contributed by atoms with Crippen molar-refractivity contribution in [3.63, 3.8) is 0 Å². The number of hydrogen-bond acceptors (Lipinski definition) is 4. The van der Waals surface area contributed by atoms with Crippen molar-refractivity contribution < 1.29 is 14.6 Å². The molecule has 0 radical (unpaired) electrons. The summed E-state index contributed by atoms with van der Waals surface area (Å²) in [6, 6.07) is 15.8. The molecule has 0 unspecified atom stereocenters. The highest BCUT2D eigenvalue weighted by Gasteiger charge is 2.10. The van der Waals surface area contributed by atoms with E-state index in [0.717, 1.165) is 16.9 Å². The van der Waals surface area contributed by atoms with E-state index in [9.17, 15) is 0 Å². The standard InChI is InChI=1S/C17H21NO3.ClH/c1-20-16-9-5-8-15(12-18-10-11-19)17(16)21-13-14-6-3-2-4-7-14;/h2-9,18-19H,10-13H2,1H3;1H. The maximum absolute atomic E-state index is 8.85. The lowest BCUT2D eigenvalue weighted by molar-refractivity contribution is 0.277. The van der Waals surface area contributed by atoms with Crippen molar-refractivity contribution in [2.75, 3.05) is 20.3 Å². The third-order valence-corrected chi connectivity index (χ3v) is 3.11. The van der Waals surface area contributed by atoms with Crippen LogP contribution in [0.15, 0.2) is 48.5 Å². The number of para-hydroxylation sites is 1. The van der Waals surface area contributed by atoms with Crippen molar-refractivity contribution in [3.05, 3.63) is 59.7 Å². The van der Waals surface area contributed by atoms with Gasteiger partial charge in [0.05, 0.1) is 13.7 Å². The Bertz CT molecular complexity index is 549. The lowest BCUT2D eigenvalue weighted by Gasteiger charge is -2.15. The summed E-state index contributed by atoms with van der Waals surface area (Å²) in [5, 5.41) is 12.0. The van der Waals surface area contributed by atoms with Crippen molar-refractivity contribution in [2.24, 2.45) is 0 Å². The molecule has 0 fully saturated rings. The van der Waals surface area contributed by atoms with Crippen LogP contribution in [-0.4, -0.2) is 25.4 Å². The molecule has 0 heterocycles. The van der Waals surface area contributed by atoms with E-state index in [-0.39, 0.29) is 19.0 Å². The number of benzene rings is 2. The molecule has 0 aliphatic rings. The van der Waals surface area contributed by atoms with Crippen LogP contribution in [-0.2, 0) is 13.2 Å². The molecule has 0 aromatic heterocycles. The number of aliphatic hydroxyl groups excluding tert-OH is 1. The second-order valence-corrected chi connectivity index (χ2v) is 4.62. The van der Waals surface area contributed by atoms with Crippen molar-refractivity contribution in [2.45, 2.75) is 13.2 Å². The highest BCUT2D eigenvalue weighted by Crippen LogP contribution is 2.31. The summed E-state index contributed by atoms with van der Waals surface area (Å²) < 4.78 is 11.3.